The molecule has 0 bridgehead atoms. The van der Waals surface area contributed by atoms with E-state index in [4.69, 9.17) is 0 Å². The molecule has 2 aromatic carbocycles. The molecule has 0 fully saturated rings. The van der Waals surface area contributed by atoms with E-state index in [1.54, 1.807) is 6.92 Å². The van der Waals surface area contributed by atoms with Gasteiger partial charge >= 0.3 is 5.97 Å². The lowest BCUT2D eigenvalue weighted by Crippen LogP contribution is -2.05. The van der Waals surface area contributed by atoms with Crippen LogP contribution in [0.15, 0.2) is 52.9 Å². The number of carboxylic acids is 1. The second-order valence-electron chi connectivity index (χ2n) is 5.94. The third-order valence-corrected chi connectivity index (χ3v) is 5.22. The maximum absolute atomic E-state index is 14.2. The molecule has 25 heavy (non-hydrogen) atoms. The normalized spacial score (nSPS) is 14.9. The third kappa shape index (κ3) is 3.38. The monoisotopic (exact) mass is 356 g/mol. The van der Waals surface area contributed by atoms with Crippen LogP contribution < -0.4 is 0 Å². The van der Waals surface area contributed by atoms with E-state index >= 15 is 0 Å². The Bertz CT molecular complexity index is 913. The van der Waals surface area contributed by atoms with Crippen molar-refractivity contribution >= 4 is 28.8 Å². The molecule has 0 amide bonds. The van der Waals surface area contributed by atoms with Gasteiger partial charge in [-0.05, 0) is 70.6 Å². The van der Waals surface area contributed by atoms with E-state index in [1.165, 1.54) is 24.5 Å². The van der Waals surface area contributed by atoms with Crippen molar-refractivity contribution in [1.29, 1.82) is 0 Å². The molecule has 1 unspecified atom stereocenters. The minimum Gasteiger partial charge on any atom is -0.612 e. The van der Waals surface area contributed by atoms with Gasteiger partial charge in [-0.15, -0.1) is 0 Å². The number of rotatable bonds is 4. The van der Waals surface area contributed by atoms with Gasteiger partial charge in [0.05, 0.1) is 5.57 Å². The Hall–Kier alpha value is -2.37. The van der Waals surface area contributed by atoms with E-state index < -0.39 is 23.0 Å². The van der Waals surface area contributed by atoms with Gasteiger partial charge < -0.3 is 9.66 Å². The summed E-state index contributed by atoms with van der Waals surface area (Å²) in [5.74, 6) is -1.66. The molecule has 5 heteroatoms. The second-order valence-corrected chi connectivity index (χ2v) is 7.28. The van der Waals surface area contributed by atoms with Crippen LogP contribution in [0, 0.1) is 12.7 Å². The van der Waals surface area contributed by atoms with Gasteiger partial charge in [0, 0.05) is 0 Å². The van der Waals surface area contributed by atoms with Crippen LogP contribution in [-0.4, -0.2) is 21.9 Å². The molecule has 1 atom stereocenters. The largest absolute Gasteiger partial charge is 0.612 e. The van der Waals surface area contributed by atoms with Gasteiger partial charge in [0.15, 0.2) is 10.7 Å². The number of carbonyl (C=O) groups is 1. The fourth-order valence-electron chi connectivity index (χ4n) is 2.99. The molecule has 0 aliphatic heterocycles. The predicted octanol–water partition coefficient (Wildman–Crippen LogP) is 3.98. The van der Waals surface area contributed by atoms with E-state index in [9.17, 15) is 18.8 Å². The van der Waals surface area contributed by atoms with Gasteiger partial charge in [-0.25, -0.2) is 9.18 Å². The van der Waals surface area contributed by atoms with Crippen LogP contribution in [0.1, 0.15) is 22.3 Å². The highest BCUT2D eigenvalue weighted by Crippen LogP contribution is 2.34. The topological polar surface area (TPSA) is 60.4 Å². The van der Waals surface area contributed by atoms with Gasteiger partial charge in [0.1, 0.15) is 6.26 Å². The van der Waals surface area contributed by atoms with Gasteiger partial charge in [-0.2, -0.15) is 0 Å². The minimum atomic E-state index is -1.44. The van der Waals surface area contributed by atoms with Gasteiger partial charge in [0.2, 0.25) is 0 Å². The Labute approximate surface area is 148 Å². The summed E-state index contributed by atoms with van der Waals surface area (Å²) in [4.78, 5) is 11.9. The Morgan fingerprint density at radius 1 is 1.32 bits per heavy atom. The van der Waals surface area contributed by atoms with Crippen molar-refractivity contribution < 1.29 is 18.8 Å². The fourth-order valence-corrected chi connectivity index (χ4v) is 3.67. The molecule has 1 aliphatic carbocycles. The number of halogens is 1. The number of fused-ring (bicyclic) bond motifs is 1. The summed E-state index contributed by atoms with van der Waals surface area (Å²) in [5.41, 5.74) is 3.88. The summed E-state index contributed by atoms with van der Waals surface area (Å²) in [5, 5.41) is 9.67. The maximum Gasteiger partial charge on any atom is 0.336 e. The van der Waals surface area contributed by atoms with Crippen LogP contribution in [0.5, 0.6) is 0 Å². The SMILES string of the molecule is Cc1cc([S+](C)[O-])c(F)cc1/C=C(\C(=O)O)C1=CCc2ccccc21. The summed E-state index contributed by atoms with van der Waals surface area (Å²) < 4.78 is 25.7. The fraction of sp³-hybridized carbons (Fsp3) is 0.150. The highest BCUT2D eigenvalue weighted by atomic mass is 32.2. The first-order valence-corrected chi connectivity index (χ1v) is 9.31. The number of benzene rings is 2. The molecule has 0 aromatic heterocycles. The summed E-state index contributed by atoms with van der Waals surface area (Å²) >= 11 is -1.44. The Kier molecular flexibility index (Phi) is 4.79. The molecule has 0 spiro atoms. The van der Waals surface area contributed by atoms with Crippen LogP contribution in [0.2, 0.25) is 0 Å². The van der Waals surface area contributed by atoms with Crippen molar-refractivity contribution in [3.05, 3.63) is 76.1 Å². The van der Waals surface area contributed by atoms with Gasteiger partial charge in [-0.1, -0.05) is 30.3 Å². The number of hydrogen-bond acceptors (Lipinski definition) is 2. The number of allylic oxidation sites excluding steroid dienone is 1. The van der Waals surface area contributed by atoms with Crippen molar-refractivity contribution in [2.24, 2.45) is 0 Å². The summed E-state index contributed by atoms with van der Waals surface area (Å²) in [6.07, 6.45) is 5.45. The molecule has 128 valence electrons. The number of carboxylic acid groups (broad SMARTS) is 1. The Morgan fingerprint density at radius 2 is 2.04 bits per heavy atom. The average molecular weight is 356 g/mol. The second kappa shape index (κ2) is 6.86. The molecule has 0 heterocycles. The molecular weight excluding hydrogens is 339 g/mol. The lowest BCUT2D eigenvalue weighted by Gasteiger charge is -2.11. The Morgan fingerprint density at radius 3 is 2.72 bits per heavy atom. The van der Waals surface area contributed by atoms with Crippen molar-refractivity contribution in [3.63, 3.8) is 0 Å². The van der Waals surface area contributed by atoms with Crippen LogP contribution in [-0.2, 0) is 22.4 Å². The highest BCUT2D eigenvalue weighted by molar-refractivity contribution is 7.90. The zero-order valence-electron chi connectivity index (χ0n) is 13.9. The van der Waals surface area contributed by atoms with Crippen molar-refractivity contribution in [1.82, 2.24) is 0 Å². The van der Waals surface area contributed by atoms with E-state index in [-0.39, 0.29) is 10.5 Å². The highest BCUT2D eigenvalue weighted by Gasteiger charge is 2.22. The summed E-state index contributed by atoms with van der Waals surface area (Å²) in [6, 6.07) is 10.4. The first-order valence-electron chi connectivity index (χ1n) is 7.76. The first kappa shape index (κ1) is 17.5. The van der Waals surface area contributed by atoms with Crippen molar-refractivity contribution in [2.45, 2.75) is 18.2 Å². The lowest BCUT2D eigenvalue weighted by atomic mass is 9.96. The zero-order chi connectivity index (χ0) is 18.1. The number of aryl methyl sites for hydroxylation is 1. The van der Waals surface area contributed by atoms with Gasteiger partial charge in [-0.3, -0.25) is 0 Å². The van der Waals surface area contributed by atoms with Crippen LogP contribution in [0.3, 0.4) is 0 Å². The Balaban J connectivity index is 2.09. The number of hydrogen-bond donors (Lipinski definition) is 1. The smallest absolute Gasteiger partial charge is 0.336 e. The molecule has 3 rings (SSSR count). The summed E-state index contributed by atoms with van der Waals surface area (Å²) in [6.45, 7) is 1.75. The van der Waals surface area contributed by atoms with Crippen LogP contribution in [0.25, 0.3) is 11.6 Å². The molecule has 0 saturated carbocycles. The summed E-state index contributed by atoms with van der Waals surface area (Å²) in [7, 11) is 0. The van der Waals surface area contributed by atoms with E-state index in [0.717, 1.165) is 11.1 Å². The molecular formula is C20H17FO3S. The molecule has 1 N–H and O–H groups in total. The lowest BCUT2D eigenvalue weighted by molar-refractivity contribution is -0.132. The molecule has 1 aliphatic rings. The molecule has 3 nitrogen and oxygen atoms in total. The van der Waals surface area contributed by atoms with Gasteiger partial charge in [0.25, 0.3) is 0 Å². The van der Waals surface area contributed by atoms with Crippen LogP contribution >= 0.6 is 0 Å². The zero-order valence-corrected chi connectivity index (χ0v) is 14.7. The standard InChI is InChI=1S/C20H17FO3S/c1-12-9-19(25(2)24)18(21)11-14(12)10-17(20(22)23)16-8-7-13-5-3-4-6-15(13)16/h3-6,8-11H,7H2,1-2H3,(H,22,23)/b17-10-. The average Bonchev–Trinajstić information content (AvgIpc) is 2.98. The van der Waals surface area contributed by atoms with Crippen molar-refractivity contribution in [2.75, 3.05) is 6.26 Å². The maximum atomic E-state index is 14.2. The van der Waals surface area contributed by atoms with E-state index in [1.807, 2.05) is 30.3 Å². The molecule has 2 aromatic rings. The molecule has 0 saturated heterocycles. The minimum absolute atomic E-state index is 0.122. The number of aliphatic carboxylic acids is 1. The predicted molar refractivity (Wildman–Crippen MR) is 97.2 cm³/mol. The quantitative estimate of drug-likeness (QED) is 0.666. The van der Waals surface area contributed by atoms with Crippen molar-refractivity contribution in [3.8, 4) is 0 Å². The van der Waals surface area contributed by atoms with Crippen LogP contribution in [0.4, 0.5) is 4.39 Å². The first-order chi connectivity index (χ1) is 11.9. The third-order valence-electron chi connectivity index (χ3n) is 4.28. The van der Waals surface area contributed by atoms with E-state index in [0.29, 0.717) is 23.1 Å². The van der Waals surface area contributed by atoms with E-state index in [2.05, 4.69) is 0 Å². The molecule has 0 radical (unpaired) electrons.